The van der Waals surface area contributed by atoms with E-state index in [0.29, 0.717) is 38.3 Å². The average Bonchev–Trinajstić information content (AvgIpc) is 3.16. The number of aromatic nitrogens is 6. The number of H-pyrrole nitrogens is 1. The van der Waals surface area contributed by atoms with Crippen molar-refractivity contribution >= 4 is 56.0 Å². The van der Waals surface area contributed by atoms with Crippen LogP contribution in [0.15, 0.2) is 57.0 Å². The van der Waals surface area contributed by atoms with E-state index < -0.39 is 0 Å². The zero-order valence-electron chi connectivity index (χ0n) is 17.6. The van der Waals surface area contributed by atoms with E-state index in [-0.39, 0.29) is 11.0 Å². The first-order valence-corrected chi connectivity index (χ1v) is 12.1. The lowest BCUT2D eigenvalue weighted by molar-refractivity contribution is 0.786. The van der Waals surface area contributed by atoms with Crippen molar-refractivity contribution in [2.75, 3.05) is 0 Å². The molecule has 0 aliphatic rings. The zero-order chi connectivity index (χ0) is 23.3. The predicted octanol–water partition coefficient (Wildman–Crippen LogP) is 4.56. The number of fused-ring (bicyclic) bond motifs is 2. The molecule has 166 valence electrons. The fourth-order valence-electron chi connectivity index (χ4n) is 3.57. The van der Waals surface area contributed by atoms with Crippen molar-refractivity contribution < 1.29 is 0 Å². The molecule has 0 saturated carbocycles. The quantitative estimate of drug-likeness (QED) is 0.256. The first-order valence-electron chi connectivity index (χ1n) is 9.91. The van der Waals surface area contributed by atoms with Gasteiger partial charge in [-0.2, -0.15) is 5.10 Å². The lowest BCUT2D eigenvalue weighted by atomic mass is 10.2. The van der Waals surface area contributed by atoms with Crippen LogP contribution >= 0.6 is 39.3 Å². The molecule has 5 rings (SSSR count). The van der Waals surface area contributed by atoms with Crippen LogP contribution in [0.3, 0.4) is 0 Å². The summed E-state index contributed by atoms with van der Waals surface area (Å²) in [6, 6.07) is 10.7. The van der Waals surface area contributed by atoms with Gasteiger partial charge in [-0.3, -0.25) is 24.3 Å². The molecule has 0 atom stereocenters. The highest BCUT2D eigenvalue weighted by atomic mass is 79.9. The number of thioether (sulfide) groups is 1. The highest BCUT2D eigenvalue weighted by Gasteiger charge is 2.16. The van der Waals surface area contributed by atoms with Gasteiger partial charge in [0.15, 0.2) is 10.8 Å². The minimum atomic E-state index is -0.161. The molecular weight excluding hydrogens is 526 g/mol. The smallest absolute Gasteiger partial charge is 0.258 e. The topological polar surface area (TPSA) is 105 Å². The molecule has 0 bridgehead atoms. The van der Waals surface area contributed by atoms with E-state index in [4.69, 9.17) is 22.0 Å². The Balaban J connectivity index is 1.61. The molecule has 8 nitrogen and oxygen atoms in total. The molecule has 4 aromatic heterocycles. The van der Waals surface area contributed by atoms with Crippen LogP contribution < -0.4 is 11.0 Å². The lowest BCUT2D eigenvalue weighted by Crippen LogP contribution is -2.22. The van der Waals surface area contributed by atoms with E-state index in [2.05, 4.69) is 31.1 Å². The highest BCUT2D eigenvalue weighted by Crippen LogP contribution is 2.26. The summed E-state index contributed by atoms with van der Waals surface area (Å²) in [5.74, 6) is 0.399. The van der Waals surface area contributed by atoms with E-state index in [1.807, 2.05) is 38.1 Å². The van der Waals surface area contributed by atoms with Crippen molar-refractivity contribution in [2.45, 2.75) is 24.8 Å². The van der Waals surface area contributed by atoms with Gasteiger partial charge in [0.05, 0.1) is 11.1 Å². The van der Waals surface area contributed by atoms with E-state index in [1.54, 1.807) is 16.8 Å². The SMILES string of the molecule is Cc1cc(-n2c(SCc3cc(=O)n4cc(Br)ccc4n3)nc3n[nH]c(C)c3c2=N)ccc1Cl. The Labute approximate surface area is 205 Å². The minimum absolute atomic E-state index is 0.161. The van der Waals surface area contributed by atoms with E-state index in [9.17, 15) is 4.79 Å². The van der Waals surface area contributed by atoms with Crippen LogP contribution in [0, 0.1) is 19.3 Å². The third-order valence-corrected chi connectivity index (χ3v) is 7.07. The fraction of sp³-hybridized carbons (Fsp3) is 0.136. The number of hydrogen-bond acceptors (Lipinski definition) is 6. The Kier molecular flexibility index (Phi) is 5.59. The number of nitrogens with one attached hydrogen (secondary N) is 2. The third-order valence-electron chi connectivity index (χ3n) is 5.21. The normalized spacial score (nSPS) is 11.5. The van der Waals surface area contributed by atoms with Crippen molar-refractivity contribution in [3.05, 3.63) is 84.9 Å². The number of rotatable bonds is 4. The lowest BCUT2D eigenvalue weighted by Gasteiger charge is -2.14. The Bertz CT molecular complexity index is 1670. The van der Waals surface area contributed by atoms with Crippen LogP contribution in [0.5, 0.6) is 0 Å². The summed E-state index contributed by atoms with van der Waals surface area (Å²) in [5.41, 5.74) is 4.21. The second kappa shape index (κ2) is 8.44. The Morgan fingerprint density at radius 1 is 1.18 bits per heavy atom. The molecule has 0 radical (unpaired) electrons. The van der Waals surface area contributed by atoms with E-state index in [1.165, 1.54) is 22.2 Å². The predicted molar refractivity (Wildman–Crippen MR) is 132 cm³/mol. The number of benzene rings is 1. The molecule has 33 heavy (non-hydrogen) atoms. The van der Waals surface area contributed by atoms with Crippen molar-refractivity contribution in [1.82, 2.24) is 29.1 Å². The maximum atomic E-state index is 12.6. The summed E-state index contributed by atoms with van der Waals surface area (Å²) in [6.07, 6.45) is 1.69. The number of nitrogens with zero attached hydrogens (tertiary/aromatic N) is 5. The summed E-state index contributed by atoms with van der Waals surface area (Å²) in [5, 5.41) is 17.9. The zero-order valence-corrected chi connectivity index (χ0v) is 20.7. The molecule has 0 spiro atoms. The van der Waals surface area contributed by atoms with Gasteiger partial charge in [0.25, 0.3) is 5.56 Å². The first kappa shape index (κ1) is 21.9. The molecule has 0 saturated heterocycles. The van der Waals surface area contributed by atoms with Gasteiger partial charge < -0.3 is 0 Å². The Morgan fingerprint density at radius 3 is 2.79 bits per heavy atom. The summed E-state index contributed by atoms with van der Waals surface area (Å²) in [6.45, 7) is 3.78. The highest BCUT2D eigenvalue weighted by molar-refractivity contribution is 9.10. The molecular formula is C22H17BrClN7OS. The number of pyridine rings is 1. The average molecular weight is 543 g/mol. The van der Waals surface area contributed by atoms with Gasteiger partial charge in [0, 0.05) is 38.9 Å². The molecule has 5 aromatic rings. The van der Waals surface area contributed by atoms with Gasteiger partial charge in [-0.05, 0) is 65.7 Å². The van der Waals surface area contributed by atoms with Crippen LogP contribution in [0.4, 0.5) is 0 Å². The Morgan fingerprint density at radius 2 is 2.00 bits per heavy atom. The first-order chi connectivity index (χ1) is 15.8. The van der Waals surface area contributed by atoms with E-state index in [0.717, 1.165) is 21.4 Å². The van der Waals surface area contributed by atoms with Crippen molar-refractivity contribution in [1.29, 1.82) is 5.41 Å². The monoisotopic (exact) mass is 541 g/mol. The maximum Gasteiger partial charge on any atom is 0.258 e. The molecule has 4 heterocycles. The molecule has 0 aliphatic carbocycles. The standard InChI is InChI=1S/C22H17BrClN7OS/c1-11-7-15(4-5-16(11)24)31-20(25)19-12(2)28-29-21(19)27-22(31)33-10-14-8-18(32)30-9-13(23)3-6-17(30)26-14/h3-9,25H,10H2,1-2H3,(H,28,29). The van der Waals surface area contributed by atoms with Gasteiger partial charge in [-0.15, -0.1) is 0 Å². The van der Waals surface area contributed by atoms with Gasteiger partial charge in [-0.25, -0.2) is 9.97 Å². The van der Waals surface area contributed by atoms with Crippen molar-refractivity contribution in [2.24, 2.45) is 0 Å². The molecule has 11 heteroatoms. The number of aromatic amines is 1. The number of halogens is 2. The molecule has 0 amide bonds. The second-order valence-electron chi connectivity index (χ2n) is 7.51. The summed E-state index contributed by atoms with van der Waals surface area (Å²) in [7, 11) is 0. The number of hydrogen-bond donors (Lipinski definition) is 2. The van der Waals surface area contributed by atoms with Gasteiger partial charge in [0.1, 0.15) is 11.1 Å². The molecule has 1 aromatic carbocycles. The van der Waals surface area contributed by atoms with Crippen LogP contribution in [0.2, 0.25) is 5.02 Å². The summed E-state index contributed by atoms with van der Waals surface area (Å²) < 4.78 is 4.06. The fourth-order valence-corrected chi connectivity index (χ4v) is 4.93. The molecule has 0 unspecified atom stereocenters. The largest absolute Gasteiger partial charge is 0.283 e. The van der Waals surface area contributed by atoms with Crippen LogP contribution in [-0.2, 0) is 5.75 Å². The van der Waals surface area contributed by atoms with Gasteiger partial charge >= 0.3 is 0 Å². The maximum absolute atomic E-state index is 12.6. The van der Waals surface area contributed by atoms with Crippen LogP contribution in [0.25, 0.3) is 22.4 Å². The van der Waals surface area contributed by atoms with Crippen LogP contribution in [0.1, 0.15) is 17.0 Å². The van der Waals surface area contributed by atoms with Crippen molar-refractivity contribution in [3.8, 4) is 5.69 Å². The summed E-state index contributed by atoms with van der Waals surface area (Å²) >= 11 is 11.0. The molecule has 0 fully saturated rings. The van der Waals surface area contributed by atoms with Gasteiger partial charge in [0.2, 0.25) is 0 Å². The summed E-state index contributed by atoms with van der Waals surface area (Å²) in [4.78, 5) is 21.9. The van der Waals surface area contributed by atoms with E-state index >= 15 is 0 Å². The molecule has 0 aliphatic heterocycles. The minimum Gasteiger partial charge on any atom is -0.283 e. The second-order valence-corrected chi connectivity index (χ2v) is 9.77. The third kappa shape index (κ3) is 3.98. The Hall–Kier alpha value is -2.95. The number of aryl methyl sites for hydroxylation is 2. The molecule has 2 N–H and O–H groups in total. The van der Waals surface area contributed by atoms with Crippen molar-refractivity contribution in [3.63, 3.8) is 0 Å². The van der Waals surface area contributed by atoms with Crippen LogP contribution in [-0.4, -0.2) is 29.1 Å². The van der Waals surface area contributed by atoms with Gasteiger partial charge in [-0.1, -0.05) is 23.4 Å².